The molecule has 0 aliphatic heterocycles. The van der Waals surface area contributed by atoms with Crippen LogP contribution in [-0.4, -0.2) is 26.2 Å². The Morgan fingerprint density at radius 1 is 1.64 bits per heavy atom. The summed E-state index contributed by atoms with van der Waals surface area (Å²) in [7, 11) is 1.84. The van der Waals surface area contributed by atoms with Gasteiger partial charge in [0.2, 0.25) is 0 Å². The number of imidazole rings is 1. The third-order valence-corrected chi connectivity index (χ3v) is 2.19. The average Bonchev–Trinajstić information content (AvgIpc) is 2.56. The topological polar surface area (TPSA) is 77.0 Å². The summed E-state index contributed by atoms with van der Waals surface area (Å²) in [6, 6.07) is 3.24. The van der Waals surface area contributed by atoms with Crippen molar-refractivity contribution in [2.24, 2.45) is 12.8 Å². The van der Waals surface area contributed by atoms with Gasteiger partial charge in [0.05, 0.1) is 12.6 Å². The van der Waals surface area contributed by atoms with E-state index in [1.54, 1.807) is 10.8 Å². The minimum Gasteiger partial charge on any atom is -0.394 e. The number of nitrogens with zero attached hydrogens (tertiary/aromatic N) is 3. The van der Waals surface area contributed by atoms with Gasteiger partial charge in [-0.25, -0.2) is 9.97 Å². The summed E-state index contributed by atoms with van der Waals surface area (Å²) < 4.78 is 1.80. The number of hydrogen-bond acceptors (Lipinski definition) is 4. The summed E-state index contributed by atoms with van der Waals surface area (Å²) in [5, 5.41) is 8.94. The molecule has 2 rings (SSSR count). The molecule has 0 saturated carbocycles. The summed E-state index contributed by atoms with van der Waals surface area (Å²) in [5.74, 6) is 0.654. The molecule has 2 aromatic heterocycles. The van der Waals surface area contributed by atoms with E-state index in [1.165, 1.54) is 0 Å². The van der Waals surface area contributed by atoms with Gasteiger partial charge in [0.15, 0.2) is 5.65 Å². The Morgan fingerprint density at radius 3 is 3.07 bits per heavy atom. The van der Waals surface area contributed by atoms with Gasteiger partial charge < -0.3 is 15.4 Å². The molecule has 2 aromatic rings. The second kappa shape index (κ2) is 3.36. The lowest BCUT2D eigenvalue weighted by Gasteiger charge is -2.06. The van der Waals surface area contributed by atoms with E-state index < -0.39 is 6.04 Å². The minimum absolute atomic E-state index is 0.114. The van der Waals surface area contributed by atoms with E-state index in [0.717, 1.165) is 11.2 Å². The Labute approximate surface area is 81.2 Å². The van der Waals surface area contributed by atoms with Gasteiger partial charge in [-0.3, -0.25) is 0 Å². The van der Waals surface area contributed by atoms with Crippen molar-refractivity contribution in [1.82, 2.24) is 14.5 Å². The van der Waals surface area contributed by atoms with E-state index in [-0.39, 0.29) is 6.61 Å². The highest BCUT2D eigenvalue weighted by atomic mass is 16.3. The minimum atomic E-state index is -0.450. The van der Waals surface area contributed by atoms with Crippen molar-refractivity contribution in [1.29, 1.82) is 0 Å². The lowest BCUT2D eigenvalue weighted by molar-refractivity contribution is 0.262. The van der Waals surface area contributed by atoms with Crippen LogP contribution < -0.4 is 5.73 Å². The number of aliphatic hydroxyl groups excluding tert-OH is 1. The molecule has 74 valence electrons. The molecule has 14 heavy (non-hydrogen) atoms. The van der Waals surface area contributed by atoms with Gasteiger partial charge in [-0.05, 0) is 12.1 Å². The predicted molar refractivity (Wildman–Crippen MR) is 52.5 cm³/mol. The number of pyridine rings is 1. The highest BCUT2D eigenvalue weighted by molar-refractivity contribution is 5.71. The normalized spacial score (nSPS) is 13.4. The van der Waals surface area contributed by atoms with E-state index in [4.69, 9.17) is 10.8 Å². The molecule has 0 fully saturated rings. The van der Waals surface area contributed by atoms with Gasteiger partial charge in [-0.1, -0.05) is 0 Å². The monoisotopic (exact) mass is 192 g/mol. The maximum absolute atomic E-state index is 8.94. The second-order valence-electron chi connectivity index (χ2n) is 3.16. The van der Waals surface area contributed by atoms with E-state index in [1.807, 2.05) is 19.2 Å². The van der Waals surface area contributed by atoms with Crippen LogP contribution >= 0.6 is 0 Å². The zero-order valence-electron chi connectivity index (χ0n) is 7.88. The number of fused-ring (bicyclic) bond motifs is 1. The van der Waals surface area contributed by atoms with Gasteiger partial charge in [-0.15, -0.1) is 0 Å². The van der Waals surface area contributed by atoms with E-state index in [9.17, 15) is 0 Å². The van der Waals surface area contributed by atoms with Crippen LogP contribution in [-0.2, 0) is 7.05 Å². The van der Waals surface area contributed by atoms with E-state index in [2.05, 4.69) is 9.97 Å². The van der Waals surface area contributed by atoms with Crippen molar-refractivity contribution in [2.45, 2.75) is 6.04 Å². The zero-order valence-corrected chi connectivity index (χ0v) is 7.88. The summed E-state index contributed by atoms with van der Waals surface area (Å²) in [4.78, 5) is 8.48. The molecule has 0 aromatic carbocycles. The molecular formula is C9H12N4O. The summed E-state index contributed by atoms with van der Waals surface area (Å²) >= 11 is 0. The largest absolute Gasteiger partial charge is 0.394 e. The van der Waals surface area contributed by atoms with Crippen LogP contribution in [0.5, 0.6) is 0 Å². The standard InChI is InChI=1S/C9H12N4O/c1-13-8(6(10)5-14)12-7-3-2-4-11-9(7)13/h2-4,6,14H,5,10H2,1H3. The Kier molecular flexibility index (Phi) is 2.18. The number of aryl methyl sites for hydroxylation is 1. The third kappa shape index (κ3) is 1.26. The van der Waals surface area contributed by atoms with Crippen molar-refractivity contribution in [2.75, 3.05) is 6.61 Å². The van der Waals surface area contributed by atoms with Gasteiger partial charge >= 0.3 is 0 Å². The third-order valence-electron chi connectivity index (χ3n) is 2.19. The van der Waals surface area contributed by atoms with Crippen molar-refractivity contribution >= 4 is 11.2 Å². The van der Waals surface area contributed by atoms with Gasteiger partial charge in [0.25, 0.3) is 0 Å². The van der Waals surface area contributed by atoms with Crippen LogP contribution in [0.4, 0.5) is 0 Å². The molecule has 3 N–H and O–H groups in total. The molecule has 5 nitrogen and oxygen atoms in total. The molecule has 0 saturated heterocycles. The fraction of sp³-hybridized carbons (Fsp3) is 0.333. The van der Waals surface area contributed by atoms with Gasteiger partial charge in [0.1, 0.15) is 11.3 Å². The molecule has 0 bridgehead atoms. The number of aromatic nitrogens is 3. The molecular weight excluding hydrogens is 180 g/mol. The van der Waals surface area contributed by atoms with Crippen molar-refractivity contribution < 1.29 is 5.11 Å². The summed E-state index contributed by atoms with van der Waals surface area (Å²) in [6.45, 7) is -0.114. The van der Waals surface area contributed by atoms with Crippen molar-refractivity contribution in [3.05, 3.63) is 24.2 Å². The van der Waals surface area contributed by atoms with Crippen LogP contribution in [0.2, 0.25) is 0 Å². The molecule has 0 aliphatic carbocycles. The SMILES string of the molecule is Cn1c(C(N)CO)nc2cccnc21. The van der Waals surface area contributed by atoms with Crippen LogP contribution in [0.15, 0.2) is 18.3 Å². The highest BCUT2D eigenvalue weighted by Crippen LogP contribution is 2.15. The molecule has 0 radical (unpaired) electrons. The molecule has 0 amide bonds. The molecule has 2 heterocycles. The first-order valence-electron chi connectivity index (χ1n) is 4.38. The van der Waals surface area contributed by atoms with Crippen molar-refractivity contribution in [3.63, 3.8) is 0 Å². The second-order valence-corrected chi connectivity index (χ2v) is 3.16. The fourth-order valence-corrected chi connectivity index (χ4v) is 1.45. The lowest BCUT2D eigenvalue weighted by atomic mass is 10.3. The first-order chi connectivity index (χ1) is 6.74. The Morgan fingerprint density at radius 2 is 2.43 bits per heavy atom. The molecule has 1 atom stereocenters. The fourth-order valence-electron chi connectivity index (χ4n) is 1.45. The van der Waals surface area contributed by atoms with E-state index in [0.29, 0.717) is 5.82 Å². The number of nitrogens with two attached hydrogens (primary N) is 1. The quantitative estimate of drug-likeness (QED) is 0.700. The lowest BCUT2D eigenvalue weighted by Crippen LogP contribution is -2.18. The van der Waals surface area contributed by atoms with Crippen LogP contribution in [0.3, 0.4) is 0 Å². The maximum atomic E-state index is 8.94. The van der Waals surface area contributed by atoms with Crippen LogP contribution in [0, 0.1) is 0 Å². The first kappa shape index (κ1) is 9.11. The predicted octanol–water partition coefficient (Wildman–Crippen LogP) is -0.0396. The zero-order chi connectivity index (χ0) is 10.1. The molecule has 1 unspecified atom stereocenters. The van der Waals surface area contributed by atoms with Gasteiger partial charge in [-0.2, -0.15) is 0 Å². The smallest absolute Gasteiger partial charge is 0.159 e. The average molecular weight is 192 g/mol. The Hall–Kier alpha value is -1.46. The van der Waals surface area contributed by atoms with E-state index >= 15 is 0 Å². The summed E-state index contributed by atoms with van der Waals surface area (Å²) in [5.41, 5.74) is 7.28. The molecule has 5 heteroatoms. The molecule has 0 spiro atoms. The number of aliphatic hydroxyl groups is 1. The Balaban J connectivity index is 2.62. The van der Waals surface area contributed by atoms with Crippen LogP contribution in [0.25, 0.3) is 11.2 Å². The van der Waals surface area contributed by atoms with Crippen LogP contribution in [0.1, 0.15) is 11.9 Å². The van der Waals surface area contributed by atoms with Gasteiger partial charge in [0, 0.05) is 13.2 Å². The summed E-state index contributed by atoms with van der Waals surface area (Å²) in [6.07, 6.45) is 1.71. The number of hydrogen-bond donors (Lipinski definition) is 2. The maximum Gasteiger partial charge on any atom is 0.159 e. The first-order valence-corrected chi connectivity index (χ1v) is 4.38. The van der Waals surface area contributed by atoms with Crippen molar-refractivity contribution in [3.8, 4) is 0 Å². The number of rotatable bonds is 2. The highest BCUT2D eigenvalue weighted by Gasteiger charge is 2.13. The Bertz CT molecular complexity index is 451. The molecule has 0 aliphatic rings.